The number of carboxylic acid groups (broad SMARTS) is 2. The van der Waals surface area contributed by atoms with Crippen molar-refractivity contribution in [3.8, 4) is 0 Å². The maximum absolute atomic E-state index is 9.41. The van der Waals surface area contributed by atoms with Gasteiger partial charge in [-0.1, -0.05) is 0 Å². The Bertz CT molecular complexity index is 128. The first-order valence-electron chi connectivity index (χ1n) is 1.73. The fraction of sp³-hybridized carbons (Fsp3) is 0. The van der Waals surface area contributed by atoms with Gasteiger partial charge in [-0.25, -0.2) is 0 Å². The molecule has 0 aromatic rings. The number of rotatable bonds is 2. The molecule has 0 heterocycles. The summed E-state index contributed by atoms with van der Waals surface area (Å²) in [4.78, 5) is 18.8. The first-order valence-corrected chi connectivity index (χ1v) is 1.73. The van der Waals surface area contributed by atoms with E-state index < -0.39 is 11.9 Å². The summed E-state index contributed by atoms with van der Waals surface area (Å²) in [6.45, 7) is 0. The van der Waals surface area contributed by atoms with Gasteiger partial charge in [-0.05, 0) is 12.2 Å². The number of aliphatic carboxylic acids is 2. The van der Waals surface area contributed by atoms with Gasteiger partial charge in [0.05, 0.1) is 11.9 Å². The molecule has 10 heavy (non-hydrogen) atoms. The molecule has 0 bridgehead atoms. The van der Waals surface area contributed by atoms with Crippen LogP contribution in [0, 0.1) is 0 Å². The second-order valence-corrected chi connectivity index (χ2v) is 0.971. The van der Waals surface area contributed by atoms with Gasteiger partial charge in [-0.3, -0.25) is 0 Å². The van der Waals surface area contributed by atoms with Crippen molar-refractivity contribution in [2.45, 2.75) is 0 Å². The molecule has 0 N–H and O–H groups in total. The van der Waals surface area contributed by atoms with Crippen molar-refractivity contribution in [2.24, 2.45) is 0 Å². The maximum atomic E-state index is 9.41. The zero-order valence-electron chi connectivity index (χ0n) is 5.79. The van der Waals surface area contributed by atoms with Crippen LogP contribution < -0.4 is 58.6 Å². The minimum Gasteiger partial charge on any atom is -0.545 e. The molecule has 0 aliphatic carbocycles. The minimum atomic E-state index is -1.55. The van der Waals surface area contributed by atoms with E-state index in [1.807, 2.05) is 0 Å². The van der Waals surface area contributed by atoms with Crippen LogP contribution in [0.2, 0.25) is 0 Å². The Morgan fingerprint density at radius 1 is 1.00 bits per heavy atom. The van der Waals surface area contributed by atoms with E-state index in [0.29, 0.717) is 12.2 Å². The van der Waals surface area contributed by atoms with E-state index in [2.05, 4.69) is 0 Å². The van der Waals surface area contributed by atoms with Crippen molar-refractivity contribution in [1.82, 2.24) is 0 Å². The normalized spacial score (nSPS) is 7.60. The van der Waals surface area contributed by atoms with E-state index in [1.54, 1.807) is 0 Å². The van der Waals surface area contributed by atoms with Crippen LogP contribution in [0.15, 0.2) is 12.2 Å². The molecule has 0 aromatic heterocycles. The largest absolute Gasteiger partial charge is 1.00 e. The average Bonchev–Trinajstić information content (AvgIpc) is 1.61. The Kier molecular flexibility index (Phi) is 15.5. The van der Waals surface area contributed by atoms with Crippen LogP contribution in [0.25, 0.3) is 0 Å². The number of hydrogen-bond acceptors (Lipinski definition) is 4. The van der Waals surface area contributed by atoms with Gasteiger partial charge in [0.1, 0.15) is 0 Å². The van der Waals surface area contributed by atoms with Crippen molar-refractivity contribution in [3.63, 3.8) is 0 Å². The molecule has 0 aliphatic heterocycles. The van der Waals surface area contributed by atoms with Crippen molar-refractivity contribution in [2.75, 3.05) is 0 Å². The molecule has 4 nitrogen and oxygen atoms in total. The fourth-order valence-electron chi connectivity index (χ4n) is 0.136. The van der Waals surface area contributed by atoms with E-state index in [1.165, 1.54) is 0 Å². The van der Waals surface area contributed by atoms with Gasteiger partial charge in [0.15, 0.2) is 0 Å². The van der Waals surface area contributed by atoms with Crippen molar-refractivity contribution in [1.29, 1.82) is 0 Å². The van der Waals surface area contributed by atoms with Crippen molar-refractivity contribution >= 4 is 11.9 Å². The van der Waals surface area contributed by atoms with Gasteiger partial charge in [0.25, 0.3) is 0 Å². The van der Waals surface area contributed by atoms with Crippen LogP contribution in [0.3, 0.4) is 0 Å². The molecule has 0 unspecified atom stereocenters. The third-order valence-electron chi connectivity index (χ3n) is 0.355. The first-order chi connectivity index (χ1) is 3.63. The van der Waals surface area contributed by atoms with Crippen LogP contribution in [0.5, 0.6) is 0 Å². The number of carboxylic acids is 2. The molecule has 0 aromatic carbocycles. The van der Waals surface area contributed by atoms with Gasteiger partial charge in [-0.2, -0.15) is 0 Å². The van der Waals surface area contributed by atoms with Gasteiger partial charge in [0, 0.05) is 0 Å². The molecule has 44 valence electrons. The zero-order chi connectivity index (χ0) is 6.57. The van der Waals surface area contributed by atoms with Crippen LogP contribution >= 0.6 is 0 Å². The van der Waals surface area contributed by atoms with Crippen molar-refractivity contribution < 1.29 is 68.2 Å². The average molecular weight is 144 g/mol. The van der Waals surface area contributed by atoms with E-state index in [4.69, 9.17) is 0 Å². The second kappa shape index (κ2) is 9.28. The molecular formula is C4H2LiNaO4. The topological polar surface area (TPSA) is 80.3 Å². The van der Waals surface area contributed by atoms with Crippen LogP contribution in [0.1, 0.15) is 0 Å². The predicted molar refractivity (Wildman–Crippen MR) is 19.2 cm³/mol. The van der Waals surface area contributed by atoms with E-state index in [0.717, 1.165) is 0 Å². The van der Waals surface area contributed by atoms with Crippen molar-refractivity contribution in [3.05, 3.63) is 12.2 Å². The molecule has 0 rings (SSSR count). The van der Waals surface area contributed by atoms with E-state index >= 15 is 0 Å². The number of hydrogen-bond donors (Lipinski definition) is 0. The first kappa shape index (κ1) is 16.7. The molecule has 0 aliphatic rings. The molecule has 0 saturated carbocycles. The third kappa shape index (κ3) is 15.7. The summed E-state index contributed by atoms with van der Waals surface area (Å²) in [5, 5.41) is 18.8. The SMILES string of the molecule is O=C([O-])/C=C/C(=O)[O-].[Li+].[Na+]. The quantitative estimate of drug-likeness (QED) is 0.284. The smallest absolute Gasteiger partial charge is 0.545 e. The summed E-state index contributed by atoms with van der Waals surface area (Å²) < 4.78 is 0. The summed E-state index contributed by atoms with van der Waals surface area (Å²) in [5.41, 5.74) is 0. The molecule has 0 amide bonds. The molecule has 0 saturated heterocycles. The Morgan fingerprint density at radius 2 is 1.20 bits per heavy atom. The van der Waals surface area contributed by atoms with Gasteiger partial charge in [0.2, 0.25) is 0 Å². The summed E-state index contributed by atoms with van der Waals surface area (Å²) in [5.74, 6) is -3.09. The predicted octanol–water partition coefficient (Wildman–Crippen LogP) is -8.95. The molecular weight excluding hydrogens is 142 g/mol. The van der Waals surface area contributed by atoms with Crippen LogP contribution in [-0.2, 0) is 9.59 Å². The Labute approximate surface area is 91.8 Å². The Balaban J connectivity index is -0.000000245. The summed E-state index contributed by atoms with van der Waals surface area (Å²) >= 11 is 0. The Hall–Kier alpha value is 0.277. The second-order valence-electron chi connectivity index (χ2n) is 0.971. The van der Waals surface area contributed by atoms with E-state index in [-0.39, 0.29) is 48.4 Å². The maximum Gasteiger partial charge on any atom is 1.00 e. The fourth-order valence-corrected chi connectivity index (χ4v) is 0.136. The third-order valence-corrected chi connectivity index (χ3v) is 0.355. The van der Waals surface area contributed by atoms with Crippen LogP contribution in [0.4, 0.5) is 0 Å². The van der Waals surface area contributed by atoms with Gasteiger partial charge < -0.3 is 19.8 Å². The molecule has 0 atom stereocenters. The van der Waals surface area contributed by atoms with E-state index in [9.17, 15) is 19.8 Å². The minimum absolute atomic E-state index is 0. The number of carbonyl (C=O) groups excluding carboxylic acids is 2. The monoisotopic (exact) mass is 144 g/mol. The summed E-state index contributed by atoms with van der Waals surface area (Å²) in [6, 6.07) is 0. The molecule has 0 spiro atoms. The van der Waals surface area contributed by atoms with Crippen LogP contribution in [-0.4, -0.2) is 11.9 Å². The number of carbonyl (C=O) groups is 2. The summed E-state index contributed by atoms with van der Waals surface area (Å²) in [7, 11) is 0. The Morgan fingerprint density at radius 3 is 1.30 bits per heavy atom. The summed E-state index contributed by atoms with van der Waals surface area (Å²) in [6.07, 6.45) is 0.769. The standard InChI is InChI=1S/C4H4O4.Li.Na/c5-3(6)1-2-4(7)8;;/h1-2H,(H,5,6)(H,7,8);;/q;2*+1/p-2/b2-1+;;. The van der Waals surface area contributed by atoms with Gasteiger partial charge in [-0.15, -0.1) is 0 Å². The van der Waals surface area contributed by atoms with Gasteiger partial charge >= 0.3 is 48.4 Å². The molecule has 0 fully saturated rings. The zero-order valence-corrected chi connectivity index (χ0v) is 7.79. The molecule has 6 heteroatoms. The molecule has 0 radical (unpaired) electrons.